The molecule has 1 aromatic carbocycles. The summed E-state index contributed by atoms with van der Waals surface area (Å²) in [6.45, 7) is 1.52. The topological polar surface area (TPSA) is 50.4 Å². The molecule has 0 aliphatic rings. The molecule has 2 rings (SSSR count). The number of aromatic hydroxyl groups is 1. The Balaban J connectivity index is 3.05. The largest absolute Gasteiger partial charge is 0.503 e. The van der Waals surface area contributed by atoms with Gasteiger partial charge in [0.15, 0.2) is 17.1 Å². The maximum absolute atomic E-state index is 13.3. The first-order chi connectivity index (χ1) is 7.00. The maximum Gasteiger partial charge on any atom is 0.336 e. The predicted molar refractivity (Wildman–Crippen MR) is 48.8 cm³/mol. The molecule has 1 heterocycles. The van der Waals surface area contributed by atoms with Gasteiger partial charge in [-0.05, 0) is 18.6 Å². The zero-order chi connectivity index (χ0) is 11.2. The SMILES string of the molecule is Cc1cc(=O)oc2c(F)c(O)c(F)cc12. The lowest BCUT2D eigenvalue weighted by Crippen LogP contribution is -2.00. The van der Waals surface area contributed by atoms with E-state index in [1.165, 1.54) is 6.92 Å². The minimum Gasteiger partial charge on any atom is -0.503 e. The molecular formula is C10H6F2O3. The van der Waals surface area contributed by atoms with E-state index in [1.54, 1.807) is 0 Å². The van der Waals surface area contributed by atoms with E-state index in [4.69, 9.17) is 5.11 Å². The van der Waals surface area contributed by atoms with Crippen molar-refractivity contribution in [3.63, 3.8) is 0 Å². The van der Waals surface area contributed by atoms with Gasteiger partial charge in [0, 0.05) is 11.5 Å². The number of hydrogen-bond donors (Lipinski definition) is 1. The normalized spacial score (nSPS) is 10.9. The standard InChI is InChI=1S/C10H6F2O3/c1-4-2-7(13)15-10-5(4)3-6(11)9(14)8(10)12/h2-3,14H,1H3. The molecule has 2 aromatic rings. The van der Waals surface area contributed by atoms with Crippen LogP contribution in [0.4, 0.5) is 8.78 Å². The van der Waals surface area contributed by atoms with Crippen LogP contribution >= 0.6 is 0 Å². The Bertz CT molecular complexity index is 602. The van der Waals surface area contributed by atoms with E-state index < -0.39 is 28.6 Å². The lowest BCUT2D eigenvalue weighted by molar-refractivity contribution is 0.392. The van der Waals surface area contributed by atoms with Gasteiger partial charge in [-0.1, -0.05) is 0 Å². The van der Waals surface area contributed by atoms with Crippen LogP contribution in [0.1, 0.15) is 5.56 Å². The molecule has 3 nitrogen and oxygen atoms in total. The molecule has 0 saturated carbocycles. The predicted octanol–water partition coefficient (Wildman–Crippen LogP) is 2.09. The Labute approximate surface area is 82.6 Å². The Hall–Kier alpha value is -1.91. The molecule has 0 fully saturated rings. The fourth-order valence-electron chi connectivity index (χ4n) is 1.37. The highest BCUT2D eigenvalue weighted by Gasteiger charge is 2.16. The minimum atomic E-state index is -1.26. The summed E-state index contributed by atoms with van der Waals surface area (Å²) in [7, 11) is 0. The zero-order valence-electron chi connectivity index (χ0n) is 7.67. The Morgan fingerprint density at radius 1 is 1.33 bits per heavy atom. The van der Waals surface area contributed by atoms with E-state index in [9.17, 15) is 13.6 Å². The van der Waals surface area contributed by atoms with Crippen LogP contribution in [0.3, 0.4) is 0 Å². The first-order valence-corrected chi connectivity index (χ1v) is 4.12. The summed E-state index contributed by atoms with van der Waals surface area (Å²) in [5.74, 6) is -3.49. The van der Waals surface area contributed by atoms with Crippen molar-refractivity contribution in [2.24, 2.45) is 0 Å². The first-order valence-electron chi connectivity index (χ1n) is 4.12. The molecule has 78 valence electrons. The monoisotopic (exact) mass is 212 g/mol. The molecule has 0 aliphatic heterocycles. The van der Waals surface area contributed by atoms with Gasteiger partial charge >= 0.3 is 5.63 Å². The van der Waals surface area contributed by atoms with Gasteiger partial charge in [-0.15, -0.1) is 0 Å². The number of hydrogen-bond acceptors (Lipinski definition) is 3. The Morgan fingerprint density at radius 2 is 2.00 bits per heavy atom. The summed E-state index contributed by atoms with van der Waals surface area (Å²) < 4.78 is 30.8. The molecule has 0 spiro atoms. The zero-order valence-corrected chi connectivity index (χ0v) is 7.67. The van der Waals surface area contributed by atoms with Crippen molar-refractivity contribution >= 4 is 11.0 Å². The van der Waals surface area contributed by atoms with Gasteiger partial charge in [0.2, 0.25) is 5.82 Å². The highest BCUT2D eigenvalue weighted by molar-refractivity contribution is 5.82. The molecule has 0 bridgehead atoms. The minimum absolute atomic E-state index is 0.127. The first kappa shape index (κ1) is 9.64. The molecule has 15 heavy (non-hydrogen) atoms. The molecule has 0 saturated heterocycles. The van der Waals surface area contributed by atoms with E-state index in [0.29, 0.717) is 5.56 Å². The second-order valence-corrected chi connectivity index (χ2v) is 3.15. The summed E-state index contributed by atoms with van der Waals surface area (Å²) in [6, 6.07) is 2.05. The second kappa shape index (κ2) is 3.05. The van der Waals surface area contributed by atoms with Crippen LogP contribution in [0.15, 0.2) is 21.3 Å². The van der Waals surface area contributed by atoms with Crippen molar-refractivity contribution in [1.82, 2.24) is 0 Å². The van der Waals surface area contributed by atoms with Crippen LogP contribution in [0, 0.1) is 18.6 Å². The van der Waals surface area contributed by atoms with E-state index in [2.05, 4.69) is 4.42 Å². The van der Waals surface area contributed by atoms with Crippen LogP contribution in [0.2, 0.25) is 0 Å². The molecule has 1 aromatic heterocycles. The van der Waals surface area contributed by atoms with E-state index >= 15 is 0 Å². The van der Waals surface area contributed by atoms with Crippen LogP contribution in [0.5, 0.6) is 5.75 Å². The van der Waals surface area contributed by atoms with Crippen molar-refractivity contribution in [3.8, 4) is 5.75 Å². The van der Waals surface area contributed by atoms with Gasteiger partial charge < -0.3 is 9.52 Å². The molecule has 0 aliphatic carbocycles. The number of rotatable bonds is 0. The van der Waals surface area contributed by atoms with Crippen LogP contribution in [0.25, 0.3) is 11.0 Å². The van der Waals surface area contributed by atoms with Crippen LogP contribution < -0.4 is 5.63 Å². The third kappa shape index (κ3) is 1.36. The quantitative estimate of drug-likeness (QED) is 0.680. The number of phenols is 1. The number of halogens is 2. The Kier molecular flexibility index (Phi) is 1.96. The number of aryl methyl sites for hydroxylation is 1. The maximum atomic E-state index is 13.3. The van der Waals surface area contributed by atoms with Gasteiger partial charge in [0.25, 0.3) is 0 Å². The molecule has 0 unspecified atom stereocenters. The smallest absolute Gasteiger partial charge is 0.336 e. The van der Waals surface area contributed by atoms with E-state index in [0.717, 1.165) is 12.1 Å². The third-order valence-electron chi connectivity index (χ3n) is 2.11. The van der Waals surface area contributed by atoms with E-state index in [-0.39, 0.29) is 5.39 Å². The molecule has 0 radical (unpaired) electrons. The van der Waals surface area contributed by atoms with Gasteiger partial charge in [0.1, 0.15) is 0 Å². The molecule has 0 amide bonds. The van der Waals surface area contributed by atoms with Crippen LogP contribution in [-0.4, -0.2) is 5.11 Å². The van der Waals surface area contributed by atoms with Crippen molar-refractivity contribution < 1.29 is 18.3 Å². The Morgan fingerprint density at radius 3 is 2.67 bits per heavy atom. The summed E-state index contributed by atoms with van der Waals surface area (Å²) in [5, 5.41) is 9.10. The van der Waals surface area contributed by atoms with Gasteiger partial charge in [0.05, 0.1) is 0 Å². The highest BCUT2D eigenvalue weighted by Crippen LogP contribution is 2.29. The van der Waals surface area contributed by atoms with Gasteiger partial charge in [-0.2, -0.15) is 4.39 Å². The highest BCUT2D eigenvalue weighted by atomic mass is 19.1. The van der Waals surface area contributed by atoms with Crippen molar-refractivity contribution in [3.05, 3.63) is 39.8 Å². The summed E-state index contributed by atoms with van der Waals surface area (Å²) in [6.07, 6.45) is 0. The van der Waals surface area contributed by atoms with Gasteiger partial charge in [-0.25, -0.2) is 9.18 Å². The fraction of sp³-hybridized carbons (Fsp3) is 0.100. The number of phenolic OH excluding ortho intramolecular Hbond substituents is 1. The fourth-order valence-corrected chi connectivity index (χ4v) is 1.37. The average Bonchev–Trinajstić information content (AvgIpc) is 2.17. The summed E-state index contributed by atoms with van der Waals surface area (Å²) in [4.78, 5) is 10.9. The average molecular weight is 212 g/mol. The summed E-state index contributed by atoms with van der Waals surface area (Å²) in [5.41, 5.74) is -0.789. The molecule has 0 atom stereocenters. The number of fused-ring (bicyclic) bond motifs is 1. The molecular weight excluding hydrogens is 206 g/mol. The van der Waals surface area contributed by atoms with Crippen LogP contribution in [-0.2, 0) is 0 Å². The molecule has 5 heteroatoms. The van der Waals surface area contributed by atoms with Crippen molar-refractivity contribution in [1.29, 1.82) is 0 Å². The van der Waals surface area contributed by atoms with Crippen molar-refractivity contribution in [2.45, 2.75) is 6.92 Å². The van der Waals surface area contributed by atoms with Crippen molar-refractivity contribution in [2.75, 3.05) is 0 Å². The van der Waals surface area contributed by atoms with E-state index in [1.807, 2.05) is 0 Å². The third-order valence-corrected chi connectivity index (χ3v) is 2.11. The van der Waals surface area contributed by atoms with Gasteiger partial charge in [-0.3, -0.25) is 0 Å². The number of benzene rings is 1. The lowest BCUT2D eigenvalue weighted by Gasteiger charge is -2.03. The second-order valence-electron chi connectivity index (χ2n) is 3.15. The summed E-state index contributed by atoms with van der Waals surface area (Å²) >= 11 is 0. The lowest BCUT2D eigenvalue weighted by atomic mass is 10.1. The molecule has 1 N–H and O–H groups in total.